The third kappa shape index (κ3) is 3.89. The van der Waals surface area contributed by atoms with Gasteiger partial charge in [-0.05, 0) is 32.1 Å². The van der Waals surface area contributed by atoms with Gasteiger partial charge >= 0.3 is 0 Å². The zero-order chi connectivity index (χ0) is 15.1. The van der Waals surface area contributed by atoms with Gasteiger partial charge in [0.25, 0.3) is 0 Å². The van der Waals surface area contributed by atoms with Crippen molar-refractivity contribution in [1.29, 1.82) is 0 Å². The Morgan fingerprint density at radius 2 is 2.05 bits per heavy atom. The van der Waals surface area contributed by atoms with Crippen LogP contribution in [0.3, 0.4) is 0 Å². The minimum Gasteiger partial charge on any atom is -0.458 e. The Kier molecular flexibility index (Phi) is 7.38. The van der Waals surface area contributed by atoms with E-state index in [9.17, 15) is 4.39 Å². The van der Waals surface area contributed by atoms with Crippen LogP contribution in [0.5, 0.6) is 0 Å². The summed E-state index contributed by atoms with van der Waals surface area (Å²) in [4.78, 5) is 5.31. The SMILES string of the molecule is CC.CSc1cc(Cl)nc2c(C)c(CCCCF)oc12. The minimum atomic E-state index is -0.278. The minimum absolute atomic E-state index is 0.278. The first kappa shape index (κ1) is 17.3. The van der Waals surface area contributed by atoms with Crippen molar-refractivity contribution in [3.8, 4) is 0 Å². The maximum absolute atomic E-state index is 12.1. The number of nitrogens with zero attached hydrogens (tertiary/aromatic N) is 1. The molecule has 2 rings (SSSR count). The highest BCUT2D eigenvalue weighted by molar-refractivity contribution is 7.98. The third-order valence-corrected chi connectivity index (χ3v) is 3.85. The van der Waals surface area contributed by atoms with E-state index in [4.69, 9.17) is 16.0 Å². The molecule has 20 heavy (non-hydrogen) atoms. The van der Waals surface area contributed by atoms with E-state index >= 15 is 0 Å². The van der Waals surface area contributed by atoms with Gasteiger partial charge in [0.05, 0.1) is 11.6 Å². The standard InChI is InChI=1S/C13H15ClFNOS.C2H6/c1-8-9(5-3-4-6-15)17-13-10(18-2)7-11(14)16-12(8)13;1-2/h7H,3-6H2,1-2H3;1-2H3. The Bertz CT molecular complexity index is 556. The molecule has 2 nitrogen and oxygen atoms in total. The summed E-state index contributed by atoms with van der Waals surface area (Å²) in [5.74, 6) is 0.892. The first-order valence-electron chi connectivity index (χ1n) is 6.85. The highest BCUT2D eigenvalue weighted by Crippen LogP contribution is 2.33. The molecule has 0 N–H and O–H groups in total. The highest BCUT2D eigenvalue weighted by atomic mass is 35.5. The fourth-order valence-electron chi connectivity index (χ4n) is 1.94. The topological polar surface area (TPSA) is 26.0 Å². The molecule has 112 valence electrons. The van der Waals surface area contributed by atoms with Crippen LogP contribution >= 0.6 is 23.4 Å². The predicted octanol–water partition coefficient (Wildman–Crippen LogP) is 5.83. The number of pyridine rings is 1. The predicted molar refractivity (Wildman–Crippen MR) is 85.8 cm³/mol. The number of rotatable bonds is 5. The Morgan fingerprint density at radius 3 is 2.65 bits per heavy atom. The molecular weight excluding hydrogens is 297 g/mol. The molecule has 0 saturated carbocycles. The molecule has 0 aliphatic heterocycles. The van der Waals surface area contributed by atoms with Crippen LogP contribution in [0.1, 0.15) is 38.0 Å². The van der Waals surface area contributed by atoms with Gasteiger partial charge in [-0.3, -0.25) is 4.39 Å². The van der Waals surface area contributed by atoms with Crippen molar-refractivity contribution < 1.29 is 8.81 Å². The fraction of sp³-hybridized carbons (Fsp3) is 0.533. The number of hydrogen-bond acceptors (Lipinski definition) is 3. The molecule has 2 heterocycles. The highest BCUT2D eigenvalue weighted by Gasteiger charge is 2.15. The number of unbranched alkanes of at least 4 members (excludes halogenated alkanes) is 1. The summed E-state index contributed by atoms with van der Waals surface area (Å²) in [5, 5.41) is 0.478. The van der Waals surface area contributed by atoms with E-state index in [1.165, 1.54) is 0 Å². The lowest BCUT2D eigenvalue weighted by Crippen LogP contribution is -1.87. The Balaban J connectivity index is 0.000000956. The molecule has 0 bridgehead atoms. The molecule has 2 aromatic heterocycles. The van der Waals surface area contributed by atoms with Gasteiger partial charge in [0, 0.05) is 12.0 Å². The van der Waals surface area contributed by atoms with Crippen LogP contribution in [-0.2, 0) is 6.42 Å². The normalized spacial score (nSPS) is 10.5. The lowest BCUT2D eigenvalue weighted by Gasteiger charge is -1.98. The summed E-state index contributed by atoms with van der Waals surface area (Å²) in [5.41, 5.74) is 2.63. The maximum Gasteiger partial charge on any atom is 0.166 e. The summed E-state index contributed by atoms with van der Waals surface area (Å²) in [6, 6.07) is 1.81. The van der Waals surface area contributed by atoms with Crippen LogP contribution in [0.4, 0.5) is 4.39 Å². The van der Waals surface area contributed by atoms with Crippen molar-refractivity contribution in [1.82, 2.24) is 4.98 Å². The zero-order valence-electron chi connectivity index (χ0n) is 12.4. The second-order valence-electron chi connectivity index (χ2n) is 4.12. The van der Waals surface area contributed by atoms with Gasteiger partial charge in [0.15, 0.2) is 5.58 Å². The second kappa shape index (κ2) is 8.53. The number of fused-ring (bicyclic) bond motifs is 1. The molecule has 0 unspecified atom stereocenters. The van der Waals surface area contributed by atoms with Crippen molar-refractivity contribution in [3.05, 3.63) is 22.5 Å². The Hall–Kier alpha value is -0.740. The van der Waals surface area contributed by atoms with Crippen molar-refractivity contribution in [2.24, 2.45) is 0 Å². The van der Waals surface area contributed by atoms with Gasteiger partial charge < -0.3 is 4.42 Å². The lowest BCUT2D eigenvalue weighted by molar-refractivity contribution is 0.449. The Labute approximate surface area is 129 Å². The van der Waals surface area contributed by atoms with Crippen molar-refractivity contribution in [3.63, 3.8) is 0 Å². The van der Waals surface area contributed by atoms with E-state index in [-0.39, 0.29) is 6.67 Å². The van der Waals surface area contributed by atoms with Crippen LogP contribution in [0.15, 0.2) is 15.4 Å². The first-order valence-corrected chi connectivity index (χ1v) is 8.46. The maximum atomic E-state index is 12.1. The van der Waals surface area contributed by atoms with Gasteiger partial charge in [-0.25, -0.2) is 4.98 Å². The number of aryl methyl sites for hydroxylation is 2. The molecule has 0 fully saturated rings. The fourth-order valence-corrected chi connectivity index (χ4v) is 2.75. The average molecular weight is 318 g/mol. The van der Waals surface area contributed by atoms with Crippen LogP contribution in [0.2, 0.25) is 5.15 Å². The van der Waals surface area contributed by atoms with E-state index in [0.29, 0.717) is 11.6 Å². The molecule has 0 aromatic carbocycles. The van der Waals surface area contributed by atoms with Crippen molar-refractivity contribution in [2.45, 2.75) is 44.9 Å². The summed E-state index contributed by atoms with van der Waals surface area (Å²) in [6.07, 6.45) is 4.09. The molecule has 0 spiro atoms. The van der Waals surface area contributed by atoms with Gasteiger partial charge in [-0.15, -0.1) is 11.8 Å². The van der Waals surface area contributed by atoms with Crippen LogP contribution in [-0.4, -0.2) is 17.9 Å². The number of furan rings is 1. The van der Waals surface area contributed by atoms with Gasteiger partial charge in [-0.2, -0.15) is 0 Å². The zero-order valence-corrected chi connectivity index (χ0v) is 14.0. The molecule has 0 aliphatic rings. The molecule has 2 aromatic rings. The molecule has 0 amide bonds. The van der Waals surface area contributed by atoms with Gasteiger partial charge in [-0.1, -0.05) is 25.4 Å². The second-order valence-corrected chi connectivity index (χ2v) is 5.36. The molecule has 5 heteroatoms. The molecule has 0 atom stereocenters. The quantitative estimate of drug-likeness (QED) is 0.394. The average Bonchev–Trinajstić information content (AvgIpc) is 2.78. The monoisotopic (exact) mass is 317 g/mol. The van der Waals surface area contributed by atoms with Crippen molar-refractivity contribution >= 4 is 34.5 Å². The van der Waals surface area contributed by atoms with E-state index < -0.39 is 0 Å². The van der Waals surface area contributed by atoms with Crippen molar-refractivity contribution in [2.75, 3.05) is 12.9 Å². The summed E-state index contributed by atoms with van der Waals surface area (Å²) in [7, 11) is 0. The number of alkyl halides is 1. The summed E-state index contributed by atoms with van der Waals surface area (Å²) < 4.78 is 18.0. The lowest BCUT2D eigenvalue weighted by atomic mass is 10.1. The smallest absolute Gasteiger partial charge is 0.166 e. The number of halogens is 2. The molecule has 0 aliphatic carbocycles. The first-order chi connectivity index (χ1) is 9.67. The molecule has 0 saturated heterocycles. The van der Waals surface area contributed by atoms with Crippen LogP contribution in [0, 0.1) is 6.92 Å². The third-order valence-electron chi connectivity index (χ3n) is 2.91. The largest absolute Gasteiger partial charge is 0.458 e. The van der Waals surface area contributed by atoms with E-state index in [2.05, 4.69) is 4.98 Å². The van der Waals surface area contributed by atoms with Gasteiger partial charge in [0.2, 0.25) is 0 Å². The summed E-state index contributed by atoms with van der Waals surface area (Å²) in [6.45, 7) is 5.70. The Morgan fingerprint density at radius 1 is 1.35 bits per heavy atom. The van der Waals surface area contributed by atoms with E-state index in [1.54, 1.807) is 11.8 Å². The number of hydrogen-bond donors (Lipinski definition) is 0. The summed E-state index contributed by atoms with van der Waals surface area (Å²) >= 11 is 7.58. The number of thioether (sulfide) groups is 1. The molecular formula is C15H21ClFNOS. The number of aromatic nitrogens is 1. The van der Waals surface area contributed by atoms with E-state index in [0.717, 1.165) is 40.2 Å². The molecule has 0 radical (unpaired) electrons. The van der Waals surface area contributed by atoms with E-state index in [1.807, 2.05) is 33.1 Å². The van der Waals surface area contributed by atoms with Gasteiger partial charge in [0.1, 0.15) is 16.4 Å². The van der Waals surface area contributed by atoms with Crippen LogP contribution < -0.4 is 0 Å². The van der Waals surface area contributed by atoms with Crippen LogP contribution in [0.25, 0.3) is 11.1 Å².